The molecule has 2 atom stereocenters. The van der Waals surface area contributed by atoms with E-state index >= 15 is 0 Å². The molecule has 1 fully saturated rings. The molecule has 20 heavy (non-hydrogen) atoms. The van der Waals surface area contributed by atoms with Crippen LogP contribution in [0.3, 0.4) is 0 Å². The van der Waals surface area contributed by atoms with E-state index in [9.17, 15) is 5.11 Å². The number of rotatable bonds is 5. The van der Waals surface area contributed by atoms with Crippen LogP contribution in [0, 0.1) is 0 Å². The molecule has 4 nitrogen and oxygen atoms in total. The Morgan fingerprint density at radius 2 is 2.30 bits per heavy atom. The van der Waals surface area contributed by atoms with Gasteiger partial charge in [0, 0.05) is 43.6 Å². The monoisotopic (exact) mass is 278 g/mol. The molecule has 1 aromatic rings. The zero-order valence-corrected chi connectivity index (χ0v) is 12.7. The Kier molecular flexibility index (Phi) is 5.26. The van der Waals surface area contributed by atoms with Crippen LogP contribution in [0.2, 0.25) is 0 Å². The van der Waals surface area contributed by atoms with Gasteiger partial charge in [0.15, 0.2) is 0 Å². The Labute approximate surface area is 121 Å². The molecule has 0 aromatic heterocycles. The van der Waals surface area contributed by atoms with Crippen LogP contribution in [0.5, 0.6) is 5.75 Å². The number of anilines is 1. The molecule has 0 bridgehead atoms. The molecule has 1 aromatic carbocycles. The number of methoxy groups -OCH3 is 1. The number of ether oxygens (including phenoxy) is 1. The van der Waals surface area contributed by atoms with Crippen LogP contribution < -0.4 is 10.2 Å². The Morgan fingerprint density at radius 1 is 1.50 bits per heavy atom. The minimum atomic E-state index is 0.169. The third kappa shape index (κ3) is 3.44. The first-order chi connectivity index (χ1) is 9.65. The molecule has 112 valence electrons. The molecular formula is C16H26N2O2. The summed E-state index contributed by atoms with van der Waals surface area (Å²) in [5, 5.41) is 13.6. The van der Waals surface area contributed by atoms with Crippen molar-refractivity contribution in [2.24, 2.45) is 0 Å². The third-order valence-corrected chi connectivity index (χ3v) is 4.07. The highest BCUT2D eigenvalue weighted by molar-refractivity contribution is 5.54. The first kappa shape index (κ1) is 15.1. The predicted octanol–water partition coefficient (Wildman–Crippen LogP) is 2.68. The topological polar surface area (TPSA) is 44.7 Å². The largest absolute Gasteiger partial charge is 0.508 e. The highest BCUT2D eigenvalue weighted by atomic mass is 16.5. The van der Waals surface area contributed by atoms with Crippen molar-refractivity contribution in [3.63, 3.8) is 0 Å². The van der Waals surface area contributed by atoms with Crippen LogP contribution in [0.1, 0.15) is 38.3 Å². The Bertz CT molecular complexity index is 436. The highest BCUT2D eigenvalue weighted by Gasteiger charge is 2.20. The summed E-state index contributed by atoms with van der Waals surface area (Å²) in [6.07, 6.45) is 2.55. The number of hydrogen-bond donors (Lipinski definition) is 2. The van der Waals surface area contributed by atoms with Crippen molar-refractivity contribution in [2.45, 2.75) is 38.8 Å². The van der Waals surface area contributed by atoms with Crippen LogP contribution in [-0.4, -0.2) is 38.0 Å². The maximum absolute atomic E-state index is 10.2. The van der Waals surface area contributed by atoms with E-state index in [2.05, 4.69) is 30.1 Å². The SMILES string of the molecule is CCNC(C)c1ccc(N2CCCC(OC)C2)cc1O. The van der Waals surface area contributed by atoms with E-state index in [0.717, 1.165) is 43.7 Å². The predicted molar refractivity (Wildman–Crippen MR) is 82.4 cm³/mol. The van der Waals surface area contributed by atoms with E-state index in [0.29, 0.717) is 11.9 Å². The number of benzene rings is 1. The minimum Gasteiger partial charge on any atom is -0.508 e. The van der Waals surface area contributed by atoms with Crippen molar-refractivity contribution < 1.29 is 9.84 Å². The number of aromatic hydroxyl groups is 1. The number of hydrogen-bond acceptors (Lipinski definition) is 4. The summed E-state index contributed by atoms with van der Waals surface area (Å²) in [5.74, 6) is 0.371. The summed E-state index contributed by atoms with van der Waals surface area (Å²) in [5.41, 5.74) is 2.03. The molecule has 1 aliphatic heterocycles. The second-order valence-corrected chi connectivity index (χ2v) is 5.47. The number of phenols is 1. The average molecular weight is 278 g/mol. The Morgan fingerprint density at radius 3 is 2.95 bits per heavy atom. The zero-order chi connectivity index (χ0) is 14.5. The second kappa shape index (κ2) is 6.95. The first-order valence-electron chi connectivity index (χ1n) is 7.49. The molecule has 2 rings (SSSR count). The lowest BCUT2D eigenvalue weighted by Gasteiger charge is -2.34. The van der Waals surface area contributed by atoms with Gasteiger partial charge in [0.25, 0.3) is 0 Å². The number of piperidine rings is 1. The van der Waals surface area contributed by atoms with Crippen LogP contribution in [0.25, 0.3) is 0 Å². The maximum Gasteiger partial charge on any atom is 0.122 e. The molecule has 1 aliphatic rings. The van der Waals surface area contributed by atoms with Gasteiger partial charge in [-0.15, -0.1) is 0 Å². The third-order valence-electron chi connectivity index (χ3n) is 4.07. The summed E-state index contributed by atoms with van der Waals surface area (Å²) in [4.78, 5) is 2.29. The summed E-state index contributed by atoms with van der Waals surface area (Å²) >= 11 is 0. The smallest absolute Gasteiger partial charge is 0.122 e. The van der Waals surface area contributed by atoms with E-state index in [1.54, 1.807) is 7.11 Å². The zero-order valence-electron chi connectivity index (χ0n) is 12.7. The van der Waals surface area contributed by atoms with Crippen LogP contribution in [0.15, 0.2) is 18.2 Å². The molecule has 2 unspecified atom stereocenters. The molecule has 0 amide bonds. The molecule has 2 N–H and O–H groups in total. The molecule has 0 spiro atoms. The van der Waals surface area contributed by atoms with Gasteiger partial charge in [-0.1, -0.05) is 13.0 Å². The van der Waals surface area contributed by atoms with Gasteiger partial charge in [0.1, 0.15) is 5.75 Å². The Hall–Kier alpha value is -1.26. The van der Waals surface area contributed by atoms with Gasteiger partial charge in [-0.25, -0.2) is 0 Å². The van der Waals surface area contributed by atoms with Gasteiger partial charge >= 0.3 is 0 Å². The molecule has 0 aliphatic carbocycles. The number of phenolic OH excluding ortho intramolecular Hbond substituents is 1. The van der Waals surface area contributed by atoms with Crippen molar-refractivity contribution in [1.29, 1.82) is 0 Å². The first-order valence-corrected chi connectivity index (χ1v) is 7.49. The quantitative estimate of drug-likeness (QED) is 0.869. The second-order valence-electron chi connectivity index (χ2n) is 5.47. The normalized spacial score (nSPS) is 20.9. The van der Waals surface area contributed by atoms with Crippen molar-refractivity contribution in [1.82, 2.24) is 5.32 Å². The Balaban J connectivity index is 2.12. The van der Waals surface area contributed by atoms with Gasteiger partial charge in [-0.3, -0.25) is 0 Å². The van der Waals surface area contributed by atoms with E-state index in [4.69, 9.17) is 4.74 Å². The lowest BCUT2D eigenvalue weighted by atomic mass is 10.0. The number of nitrogens with zero attached hydrogens (tertiary/aromatic N) is 1. The van der Waals surface area contributed by atoms with E-state index < -0.39 is 0 Å². The van der Waals surface area contributed by atoms with Gasteiger partial charge in [-0.2, -0.15) is 0 Å². The fourth-order valence-corrected chi connectivity index (χ4v) is 2.88. The fourth-order valence-electron chi connectivity index (χ4n) is 2.88. The van der Waals surface area contributed by atoms with Gasteiger partial charge < -0.3 is 20.1 Å². The number of nitrogens with one attached hydrogen (secondary N) is 1. The standard InChI is InChI=1S/C16H26N2O2/c1-4-17-12(2)15-8-7-13(10-16(15)19)18-9-5-6-14(11-18)20-3/h7-8,10,12,14,17,19H,4-6,9,11H2,1-3H3. The maximum atomic E-state index is 10.2. The summed E-state index contributed by atoms with van der Waals surface area (Å²) in [6.45, 7) is 6.96. The molecule has 1 saturated heterocycles. The van der Waals surface area contributed by atoms with Gasteiger partial charge in [-0.05, 0) is 32.4 Å². The lowest BCUT2D eigenvalue weighted by Crippen LogP contribution is -2.39. The van der Waals surface area contributed by atoms with Crippen molar-refractivity contribution >= 4 is 5.69 Å². The summed E-state index contributed by atoms with van der Waals surface area (Å²) in [7, 11) is 1.77. The molecule has 0 radical (unpaired) electrons. The molecule has 0 saturated carbocycles. The van der Waals surface area contributed by atoms with E-state index in [-0.39, 0.29) is 6.04 Å². The van der Waals surface area contributed by atoms with E-state index in [1.807, 2.05) is 12.1 Å². The molecular weight excluding hydrogens is 252 g/mol. The average Bonchev–Trinajstić information content (AvgIpc) is 2.47. The fraction of sp³-hybridized carbons (Fsp3) is 0.625. The van der Waals surface area contributed by atoms with Crippen molar-refractivity contribution in [2.75, 3.05) is 31.6 Å². The van der Waals surface area contributed by atoms with Crippen LogP contribution >= 0.6 is 0 Å². The van der Waals surface area contributed by atoms with Crippen LogP contribution in [-0.2, 0) is 4.74 Å². The minimum absolute atomic E-state index is 0.169. The molecule has 4 heteroatoms. The lowest BCUT2D eigenvalue weighted by molar-refractivity contribution is 0.0893. The van der Waals surface area contributed by atoms with Crippen molar-refractivity contribution in [3.8, 4) is 5.75 Å². The van der Waals surface area contributed by atoms with Gasteiger partial charge in [0.2, 0.25) is 0 Å². The highest BCUT2D eigenvalue weighted by Crippen LogP contribution is 2.30. The van der Waals surface area contributed by atoms with Crippen LogP contribution in [0.4, 0.5) is 5.69 Å². The summed E-state index contributed by atoms with van der Waals surface area (Å²) < 4.78 is 5.45. The van der Waals surface area contributed by atoms with Crippen molar-refractivity contribution in [3.05, 3.63) is 23.8 Å². The van der Waals surface area contributed by atoms with E-state index in [1.165, 1.54) is 0 Å². The summed E-state index contributed by atoms with van der Waals surface area (Å²) in [6, 6.07) is 6.17. The molecule has 1 heterocycles. The van der Waals surface area contributed by atoms with Gasteiger partial charge in [0.05, 0.1) is 6.10 Å².